The summed E-state index contributed by atoms with van der Waals surface area (Å²) in [6.45, 7) is 4.88. The maximum atomic E-state index is 11.0. The molecule has 0 amide bonds. The van der Waals surface area contributed by atoms with Crippen LogP contribution in [0.1, 0.15) is 27.2 Å². The van der Waals surface area contributed by atoms with Crippen molar-refractivity contribution in [3.05, 3.63) is 6.16 Å². The van der Waals surface area contributed by atoms with Gasteiger partial charge in [-0.05, 0) is 19.5 Å². The van der Waals surface area contributed by atoms with Crippen LogP contribution in [0.4, 0.5) is 0 Å². The van der Waals surface area contributed by atoms with Crippen molar-refractivity contribution in [2.45, 2.75) is 45.5 Å². The fourth-order valence-electron chi connectivity index (χ4n) is 0.893. The van der Waals surface area contributed by atoms with Gasteiger partial charge in [0.05, 0.1) is 12.2 Å². The predicted octanol–water partition coefficient (Wildman–Crippen LogP) is -4.54. The van der Waals surface area contributed by atoms with Crippen molar-refractivity contribution in [3.63, 3.8) is 0 Å². The van der Waals surface area contributed by atoms with E-state index in [0.29, 0.717) is 6.42 Å². The molecule has 0 aliphatic heterocycles. The van der Waals surface area contributed by atoms with E-state index in [1.54, 1.807) is 13.8 Å². The first-order valence-corrected chi connectivity index (χ1v) is 5.56. The molecule has 0 bridgehead atoms. The minimum Gasteiger partial charge on any atom is -0.390 e. The van der Waals surface area contributed by atoms with E-state index in [1.165, 1.54) is 13.1 Å². The Morgan fingerprint density at radius 2 is 1.87 bits per heavy atom. The second-order valence-corrected chi connectivity index (χ2v) is 4.13. The Labute approximate surface area is 137 Å². The van der Waals surface area contributed by atoms with Crippen molar-refractivity contribution in [2.75, 3.05) is 0 Å². The number of aliphatic hydroxyl groups is 2. The normalized spacial score (nSPS) is 16.7. The van der Waals surface area contributed by atoms with Gasteiger partial charge in [-0.1, -0.05) is 11.5 Å². The van der Waals surface area contributed by atoms with E-state index in [2.05, 4.69) is 0 Å². The molecule has 0 saturated carbocycles. The molecule has 0 aliphatic carbocycles. The Morgan fingerprint density at radius 3 is 2.13 bits per heavy atom. The molecule has 4 atom stereocenters. The van der Waals surface area contributed by atoms with Crippen LogP contribution in [0.2, 0.25) is 0 Å². The summed E-state index contributed by atoms with van der Waals surface area (Å²) < 4.78 is 16.0. The molecular weight excluding hydrogens is 237 g/mol. The monoisotopic (exact) mass is 254 g/mol. The van der Waals surface area contributed by atoms with E-state index in [4.69, 9.17) is 4.52 Å². The average Bonchev–Trinajstić information content (AvgIpc) is 2.11. The summed E-state index contributed by atoms with van der Waals surface area (Å²) in [6.07, 6.45) is -0.521. The van der Waals surface area contributed by atoms with Crippen LogP contribution < -0.4 is 59.1 Å². The van der Waals surface area contributed by atoms with E-state index in [-0.39, 0.29) is 59.1 Å². The Hall–Kier alpha value is 1.98. The average molecular weight is 254 g/mol. The molecule has 15 heavy (non-hydrogen) atoms. The van der Waals surface area contributed by atoms with Crippen LogP contribution in [-0.4, -0.2) is 28.5 Å². The first kappa shape index (κ1) is 22.2. The van der Waals surface area contributed by atoms with Gasteiger partial charge in [-0.25, -0.2) is 0 Å². The third kappa shape index (κ3) is 9.66. The van der Waals surface area contributed by atoms with Crippen LogP contribution in [0, 0.1) is 6.16 Å². The molecule has 7 heteroatoms. The number of hydrogen-bond donors (Lipinski definition) is 2. The van der Waals surface area contributed by atoms with Crippen molar-refractivity contribution >= 4 is 8.03 Å². The summed E-state index contributed by atoms with van der Waals surface area (Å²) in [6, 6.07) is 0. The van der Waals surface area contributed by atoms with Gasteiger partial charge < -0.3 is 10.2 Å². The minimum absolute atomic E-state index is 0. The van der Waals surface area contributed by atoms with E-state index in [0.717, 1.165) is 0 Å². The quantitative estimate of drug-likeness (QED) is 0.285. The third-order valence-electron chi connectivity index (χ3n) is 1.71. The second-order valence-electron chi connectivity index (χ2n) is 2.83. The zero-order valence-electron chi connectivity index (χ0n) is 10.2. The Morgan fingerprint density at radius 1 is 1.40 bits per heavy atom. The van der Waals surface area contributed by atoms with Crippen molar-refractivity contribution in [2.24, 2.45) is 0 Å². The first-order chi connectivity index (χ1) is 6.02. The van der Waals surface area contributed by atoms with Crippen molar-refractivity contribution in [1.82, 2.24) is 0 Å². The van der Waals surface area contributed by atoms with Gasteiger partial charge >= 0.3 is 67.1 Å². The summed E-state index contributed by atoms with van der Waals surface area (Å²) in [5.74, 6) is 0. The van der Waals surface area contributed by atoms with E-state index < -0.39 is 26.3 Å². The smallest absolute Gasteiger partial charge is 0.390 e. The van der Waals surface area contributed by atoms with Crippen molar-refractivity contribution in [1.29, 1.82) is 0 Å². The Balaban J connectivity index is -0.000000720. The number of hydrogen-bond acceptors (Lipinski definition) is 4. The zero-order valence-corrected chi connectivity index (χ0v) is 15.1. The summed E-state index contributed by atoms with van der Waals surface area (Å²) in [5.41, 5.74) is 0. The SMILES string of the molecule is C[CH-][P+](=O)OC(C(C)O)C(O)CC.[Na+].[Na+]. The van der Waals surface area contributed by atoms with Crippen LogP contribution >= 0.6 is 8.03 Å². The molecule has 0 fully saturated rings. The summed E-state index contributed by atoms with van der Waals surface area (Å²) >= 11 is 0. The third-order valence-corrected chi connectivity index (χ3v) is 2.58. The van der Waals surface area contributed by atoms with Crippen molar-refractivity contribution < 1.29 is 78.4 Å². The molecule has 0 aliphatic rings. The molecule has 0 saturated heterocycles. The van der Waals surface area contributed by atoms with Gasteiger partial charge in [-0.2, -0.15) is 4.52 Å². The van der Waals surface area contributed by atoms with Gasteiger partial charge in [-0.3, -0.25) is 0 Å². The molecule has 4 unspecified atom stereocenters. The predicted molar refractivity (Wildman–Crippen MR) is 50.4 cm³/mol. The number of rotatable bonds is 6. The van der Waals surface area contributed by atoms with Crippen molar-refractivity contribution in [3.8, 4) is 0 Å². The van der Waals surface area contributed by atoms with Gasteiger partial charge in [0, 0.05) is 0 Å². The molecule has 78 valence electrons. The van der Waals surface area contributed by atoms with E-state index in [9.17, 15) is 14.8 Å². The topological polar surface area (TPSA) is 66.8 Å². The van der Waals surface area contributed by atoms with E-state index in [1.807, 2.05) is 0 Å². The van der Waals surface area contributed by atoms with Crippen LogP contribution in [0.3, 0.4) is 0 Å². The molecule has 0 aromatic heterocycles. The Bertz CT molecular complexity index is 169. The Kier molecular flexibility index (Phi) is 18.4. The van der Waals surface area contributed by atoms with Gasteiger partial charge in [0.25, 0.3) is 0 Å². The molecular formula is C8H17Na2O4P+2. The summed E-state index contributed by atoms with van der Waals surface area (Å²) in [4.78, 5) is 0. The molecule has 4 nitrogen and oxygen atoms in total. The molecule has 0 aromatic carbocycles. The van der Waals surface area contributed by atoms with Gasteiger partial charge in [0.1, 0.15) is 0 Å². The standard InChI is InChI=1S/C8H17O4P.2Na/c1-4-7(10)8(6(3)9)12-13(11)5-2;;/h5-10H,4H2,1-3H3;;/q;2*+1. The van der Waals surface area contributed by atoms with Gasteiger partial charge in [0.2, 0.25) is 0 Å². The van der Waals surface area contributed by atoms with Crippen LogP contribution in [0.15, 0.2) is 0 Å². The number of aliphatic hydroxyl groups excluding tert-OH is 2. The molecule has 0 heterocycles. The van der Waals surface area contributed by atoms with Crippen LogP contribution in [-0.2, 0) is 9.09 Å². The molecule has 0 rings (SSSR count). The van der Waals surface area contributed by atoms with Crippen LogP contribution in [0.25, 0.3) is 0 Å². The zero-order chi connectivity index (χ0) is 10.4. The summed E-state index contributed by atoms with van der Waals surface area (Å²) in [7, 11) is -1.88. The maximum absolute atomic E-state index is 11.0. The van der Waals surface area contributed by atoms with Gasteiger partial charge in [-0.15, -0.1) is 6.92 Å². The molecule has 0 radical (unpaired) electrons. The minimum atomic E-state index is -1.88. The second kappa shape index (κ2) is 12.4. The largest absolute Gasteiger partial charge is 1.00 e. The van der Waals surface area contributed by atoms with Crippen LogP contribution in [0.5, 0.6) is 0 Å². The fraction of sp³-hybridized carbons (Fsp3) is 0.875. The first-order valence-electron chi connectivity index (χ1n) is 4.31. The fourth-order valence-corrected chi connectivity index (χ4v) is 1.57. The van der Waals surface area contributed by atoms with Gasteiger partial charge in [0.15, 0.2) is 6.10 Å². The maximum Gasteiger partial charge on any atom is 1.00 e. The van der Waals surface area contributed by atoms with E-state index >= 15 is 0 Å². The molecule has 2 N–H and O–H groups in total. The molecule has 0 aromatic rings. The molecule has 0 spiro atoms. The summed E-state index contributed by atoms with van der Waals surface area (Å²) in [5, 5.41) is 18.6.